The fraction of sp³-hybridized carbons (Fsp3) is 0.269. The fourth-order valence-corrected chi connectivity index (χ4v) is 5.07. The van der Waals surface area contributed by atoms with Gasteiger partial charge in [-0.25, -0.2) is 9.97 Å². The number of carbonyl (C=O) groups excluding carboxylic acids is 2. The van der Waals surface area contributed by atoms with Gasteiger partial charge in [-0.05, 0) is 72.0 Å². The summed E-state index contributed by atoms with van der Waals surface area (Å²) in [5.74, 6) is -0.976. The number of nitrogens with zero attached hydrogens (tertiary/aromatic N) is 4. The summed E-state index contributed by atoms with van der Waals surface area (Å²) < 4.78 is 27.0. The number of aromatic nitrogens is 3. The van der Waals surface area contributed by atoms with Crippen LogP contribution in [0.2, 0.25) is 0 Å². The molecule has 2 fully saturated rings. The minimum absolute atomic E-state index is 0.324. The fourth-order valence-electron chi connectivity index (χ4n) is 4.40. The number of nitrogens with one attached hydrogen (secondary N) is 2. The van der Waals surface area contributed by atoms with E-state index in [4.69, 9.17) is 0 Å². The molecule has 190 valence electrons. The van der Waals surface area contributed by atoms with Gasteiger partial charge >= 0.3 is 0 Å². The van der Waals surface area contributed by atoms with E-state index in [9.17, 15) is 18.4 Å². The average molecular weight is 523 g/mol. The quantitative estimate of drug-likeness (QED) is 0.353. The molecule has 0 bridgehead atoms. The maximum absolute atomic E-state index is 13.5. The first-order chi connectivity index (χ1) is 17.9. The van der Waals surface area contributed by atoms with Gasteiger partial charge < -0.3 is 10.2 Å². The molecule has 11 heteroatoms. The lowest BCUT2D eigenvalue weighted by Gasteiger charge is -2.32. The Hall–Kier alpha value is -3.70. The van der Waals surface area contributed by atoms with Crippen molar-refractivity contribution >= 4 is 34.9 Å². The molecule has 0 radical (unpaired) electrons. The van der Waals surface area contributed by atoms with Crippen molar-refractivity contribution in [2.45, 2.75) is 19.4 Å². The van der Waals surface area contributed by atoms with E-state index in [1.54, 1.807) is 18.3 Å². The number of amides is 2. The van der Waals surface area contributed by atoms with Crippen LogP contribution in [0.15, 0.2) is 53.6 Å². The average Bonchev–Trinajstić information content (AvgIpc) is 3.20. The molecule has 2 saturated heterocycles. The molecule has 2 aliphatic heterocycles. The van der Waals surface area contributed by atoms with Crippen molar-refractivity contribution in [1.82, 2.24) is 25.6 Å². The summed E-state index contributed by atoms with van der Waals surface area (Å²) in [5.41, 5.74) is 2.81. The van der Waals surface area contributed by atoms with Crippen LogP contribution < -0.4 is 15.5 Å². The lowest BCUT2D eigenvalue weighted by molar-refractivity contribution is -0.115. The Morgan fingerprint density at radius 1 is 1.05 bits per heavy atom. The van der Waals surface area contributed by atoms with Crippen LogP contribution in [0.5, 0.6) is 0 Å². The van der Waals surface area contributed by atoms with Crippen LogP contribution in [-0.4, -0.2) is 45.7 Å². The predicted molar refractivity (Wildman–Crippen MR) is 137 cm³/mol. The number of hydrogen-bond donors (Lipinski definition) is 2. The standard InChI is InChI=1S/C26H24F2N6O2S/c27-22-11-19(12-23(28)32-22)18-3-1-2-17(10-18)15-29-14-16-5-8-34(9-6-16)25-30-7-4-20(31-25)13-21-24(35)33-26(36)37-21/h1-4,7,10-13,16,29H,5-6,8-9,14-15H2,(H,33,35,36)/b21-13+. The van der Waals surface area contributed by atoms with E-state index in [1.807, 2.05) is 24.3 Å². The first-order valence-electron chi connectivity index (χ1n) is 11.9. The number of hydrogen-bond acceptors (Lipinski definition) is 8. The Balaban J connectivity index is 1.12. The molecule has 1 aromatic carbocycles. The topological polar surface area (TPSA) is 100 Å². The van der Waals surface area contributed by atoms with Crippen molar-refractivity contribution in [3.05, 3.63) is 76.7 Å². The largest absolute Gasteiger partial charge is 0.341 e. The summed E-state index contributed by atoms with van der Waals surface area (Å²) in [7, 11) is 0. The van der Waals surface area contributed by atoms with E-state index >= 15 is 0 Å². The Bertz CT molecular complexity index is 1340. The second-order valence-electron chi connectivity index (χ2n) is 8.90. The molecule has 2 aliphatic rings. The molecule has 0 unspecified atom stereocenters. The summed E-state index contributed by atoms with van der Waals surface area (Å²) >= 11 is 0.865. The van der Waals surface area contributed by atoms with Crippen LogP contribution in [0.3, 0.4) is 0 Å². The van der Waals surface area contributed by atoms with Gasteiger partial charge in [0, 0.05) is 38.0 Å². The van der Waals surface area contributed by atoms with Crippen molar-refractivity contribution in [3.63, 3.8) is 0 Å². The zero-order chi connectivity index (χ0) is 25.8. The van der Waals surface area contributed by atoms with E-state index in [1.165, 1.54) is 12.1 Å². The monoisotopic (exact) mass is 522 g/mol. The molecule has 2 aromatic heterocycles. The molecule has 3 aromatic rings. The molecule has 0 aliphatic carbocycles. The first-order valence-corrected chi connectivity index (χ1v) is 12.7. The molecule has 5 rings (SSSR count). The normalized spacial score (nSPS) is 17.5. The lowest BCUT2D eigenvalue weighted by atomic mass is 9.97. The summed E-state index contributed by atoms with van der Waals surface area (Å²) in [6, 6.07) is 11.8. The van der Waals surface area contributed by atoms with Crippen molar-refractivity contribution < 1.29 is 18.4 Å². The SMILES string of the molecule is O=C1NC(=O)/C(=C\c2ccnc(N3CCC(CNCc4cccc(-c5cc(F)nc(F)c5)c4)CC3)n2)S1. The van der Waals surface area contributed by atoms with Gasteiger partial charge in [0.05, 0.1) is 10.6 Å². The number of piperidine rings is 1. The zero-order valence-corrected chi connectivity index (χ0v) is 20.6. The van der Waals surface area contributed by atoms with Crippen LogP contribution in [0.25, 0.3) is 17.2 Å². The Kier molecular flexibility index (Phi) is 7.52. The van der Waals surface area contributed by atoms with Gasteiger partial charge in [0.1, 0.15) is 0 Å². The second-order valence-corrected chi connectivity index (χ2v) is 9.91. The van der Waals surface area contributed by atoms with Gasteiger partial charge in [-0.1, -0.05) is 18.2 Å². The number of halogens is 2. The number of anilines is 1. The number of benzene rings is 1. The second kappa shape index (κ2) is 11.1. The molecule has 8 nitrogen and oxygen atoms in total. The van der Waals surface area contributed by atoms with Crippen molar-refractivity contribution in [2.24, 2.45) is 5.92 Å². The highest BCUT2D eigenvalue weighted by atomic mass is 32.2. The number of pyridine rings is 1. The van der Waals surface area contributed by atoms with E-state index in [0.717, 1.165) is 55.4 Å². The minimum atomic E-state index is -0.837. The van der Waals surface area contributed by atoms with Gasteiger partial charge in [-0.2, -0.15) is 13.8 Å². The van der Waals surface area contributed by atoms with Crippen LogP contribution >= 0.6 is 11.8 Å². The molecule has 0 spiro atoms. The van der Waals surface area contributed by atoms with Crippen molar-refractivity contribution in [2.75, 3.05) is 24.5 Å². The third kappa shape index (κ3) is 6.36. The van der Waals surface area contributed by atoms with Gasteiger partial charge in [0.25, 0.3) is 11.1 Å². The van der Waals surface area contributed by atoms with E-state index < -0.39 is 17.8 Å². The molecule has 2 amide bonds. The number of imide groups is 1. The van der Waals surface area contributed by atoms with Gasteiger partial charge in [-0.3, -0.25) is 14.9 Å². The van der Waals surface area contributed by atoms with Gasteiger partial charge in [0.15, 0.2) is 0 Å². The molecule has 4 heterocycles. The van der Waals surface area contributed by atoms with E-state index in [2.05, 4.69) is 30.5 Å². The molecular weight excluding hydrogens is 498 g/mol. The highest BCUT2D eigenvalue weighted by molar-refractivity contribution is 8.18. The van der Waals surface area contributed by atoms with E-state index in [0.29, 0.717) is 34.6 Å². The third-order valence-electron chi connectivity index (χ3n) is 6.27. The summed E-state index contributed by atoms with van der Waals surface area (Å²) in [4.78, 5) is 37.7. The molecule has 37 heavy (non-hydrogen) atoms. The van der Waals surface area contributed by atoms with Gasteiger partial charge in [-0.15, -0.1) is 0 Å². The number of thioether (sulfide) groups is 1. The number of rotatable bonds is 7. The maximum Gasteiger partial charge on any atom is 0.290 e. The Morgan fingerprint density at radius 2 is 1.84 bits per heavy atom. The Morgan fingerprint density at radius 3 is 2.57 bits per heavy atom. The van der Waals surface area contributed by atoms with Gasteiger partial charge in [0.2, 0.25) is 17.8 Å². The van der Waals surface area contributed by atoms with Crippen molar-refractivity contribution in [1.29, 1.82) is 0 Å². The first kappa shape index (κ1) is 25.0. The lowest BCUT2D eigenvalue weighted by Crippen LogP contribution is -2.38. The minimum Gasteiger partial charge on any atom is -0.341 e. The zero-order valence-electron chi connectivity index (χ0n) is 19.8. The highest BCUT2D eigenvalue weighted by Crippen LogP contribution is 2.26. The molecular formula is C26H24F2N6O2S. The Labute approximate surface area is 216 Å². The van der Waals surface area contributed by atoms with E-state index in [-0.39, 0.29) is 5.24 Å². The van der Waals surface area contributed by atoms with Crippen LogP contribution in [0.4, 0.5) is 19.5 Å². The third-order valence-corrected chi connectivity index (χ3v) is 7.08. The predicted octanol–water partition coefficient (Wildman–Crippen LogP) is 4.15. The summed E-state index contributed by atoms with van der Waals surface area (Å²) in [5, 5.41) is 5.36. The summed E-state index contributed by atoms with van der Waals surface area (Å²) in [6.45, 7) is 3.13. The maximum atomic E-state index is 13.5. The smallest absolute Gasteiger partial charge is 0.290 e. The van der Waals surface area contributed by atoms with Crippen LogP contribution in [0, 0.1) is 17.8 Å². The highest BCUT2D eigenvalue weighted by Gasteiger charge is 2.25. The molecule has 0 atom stereocenters. The summed E-state index contributed by atoms with van der Waals surface area (Å²) in [6.07, 6.45) is 5.21. The molecule has 2 N–H and O–H groups in total. The molecule has 0 saturated carbocycles. The number of carbonyl (C=O) groups is 2. The van der Waals surface area contributed by atoms with Crippen LogP contribution in [0.1, 0.15) is 24.1 Å². The van der Waals surface area contributed by atoms with Crippen LogP contribution in [-0.2, 0) is 11.3 Å². The van der Waals surface area contributed by atoms with Crippen molar-refractivity contribution in [3.8, 4) is 11.1 Å².